The minimum Gasteiger partial charge on any atom is -0.493 e. The van der Waals surface area contributed by atoms with Crippen LogP contribution in [0, 0.1) is 0 Å². The molecule has 0 aliphatic carbocycles. The van der Waals surface area contributed by atoms with E-state index in [9.17, 15) is 0 Å². The largest absolute Gasteiger partial charge is 0.493 e. The van der Waals surface area contributed by atoms with E-state index in [-0.39, 0.29) is 0 Å². The van der Waals surface area contributed by atoms with Crippen molar-refractivity contribution in [2.45, 2.75) is 13.8 Å². The Labute approximate surface area is 159 Å². The molecular formula is C21H25N3O3. The van der Waals surface area contributed by atoms with Crippen molar-refractivity contribution in [2.24, 2.45) is 0 Å². The maximum Gasteiger partial charge on any atom is 0.300 e. The van der Waals surface area contributed by atoms with Crippen LogP contribution in [0.25, 0.3) is 22.5 Å². The van der Waals surface area contributed by atoms with Crippen molar-refractivity contribution in [3.8, 4) is 28.3 Å². The molecule has 2 N–H and O–H groups in total. The molecule has 0 spiro atoms. The van der Waals surface area contributed by atoms with E-state index in [2.05, 4.69) is 51.3 Å². The fraction of sp³-hybridized carbons (Fsp3) is 0.238. The smallest absolute Gasteiger partial charge is 0.300 e. The Morgan fingerprint density at radius 2 is 1.78 bits per heavy atom. The van der Waals surface area contributed by atoms with Crippen LogP contribution in [0.3, 0.4) is 0 Å². The van der Waals surface area contributed by atoms with Crippen LogP contribution in [0.15, 0.2) is 54.9 Å². The Kier molecular flexibility index (Phi) is 7.00. The number of imidazole rings is 1. The van der Waals surface area contributed by atoms with Gasteiger partial charge in [0.1, 0.15) is 11.6 Å². The number of hydrogen-bond acceptors (Lipinski definition) is 4. The first-order valence-corrected chi connectivity index (χ1v) is 8.66. The van der Waals surface area contributed by atoms with E-state index in [1.54, 1.807) is 6.20 Å². The summed E-state index contributed by atoms with van der Waals surface area (Å²) < 4.78 is 5.86. The predicted molar refractivity (Wildman–Crippen MR) is 108 cm³/mol. The van der Waals surface area contributed by atoms with Gasteiger partial charge >= 0.3 is 0 Å². The van der Waals surface area contributed by atoms with Gasteiger partial charge in [0.15, 0.2) is 0 Å². The van der Waals surface area contributed by atoms with Gasteiger partial charge in [-0.25, -0.2) is 4.98 Å². The van der Waals surface area contributed by atoms with E-state index in [4.69, 9.17) is 14.6 Å². The second kappa shape index (κ2) is 9.43. The van der Waals surface area contributed by atoms with Gasteiger partial charge in [-0.2, -0.15) is 0 Å². The van der Waals surface area contributed by atoms with Crippen molar-refractivity contribution in [3.05, 3.63) is 54.9 Å². The fourth-order valence-electron chi connectivity index (χ4n) is 2.55. The zero-order valence-corrected chi connectivity index (χ0v) is 16.1. The Bertz CT molecular complexity index is 853. The number of nitrogens with one attached hydrogen (secondary N) is 1. The molecule has 0 saturated heterocycles. The van der Waals surface area contributed by atoms with Gasteiger partial charge in [0, 0.05) is 50.2 Å². The summed E-state index contributed by atoms with van der Waals surface area (Å²) in [4.78, 5) is 18.5. The maximum absolute atomic E-state index is 9.00. The lowest BCUT2D eigenvalue weighted by molar-refractivity contribution is -0.134. The lowest BCUT2D eigenvalue weighted by atomic mass is 10.0. The number of aromatic nitrogens is 2. The van der Waals surface area contributed by atoms with E-state index in [0.29, 0.717) is 6.61 Å². The molecule has 0 atom stereocenters. The molecule has 0 bridgehead atoms. The van der Waals surface area contributed by atoms with E-state index in [0.717, 1.165) is 35.2 Å². The number of H-pyrrole nitrogens is 1. The molecule has 0 amide bonds. The summed E-state index contributed by atoms with van der Waals surface area (Å²) in [6.45, 7) is 3.71. The Hall–Kier alpha value is -3.28. The molecule has 0 saturated carbocycles. The standard InChI is InChI=1S/C19H21N3O.C2H4O2/c1-4-23-18-13-15(19-20-11-12-21-19)7-10-17(18)14-5-8-16(9-6-14)22(2)3;1-2(3)4/h5-13H,4H2,1-3H3,(H,20,21);1H3,(H,3,4). The number of carboxylic acids is 1. The van der Waals surface area contributed by atoms with Crippen LogP contribution >= 0.6 is 0 Å². The van der Waals surface area contributed by atoms with Crippen LogP contribution in [0.4, 0.5) is 5.69 Å². The Morgan fingerprint density at radius 1 is 1.15 bits per heavy atom. The van der Waals surface area contributed by atoms with Gasteiger partial charge in [-0.05, 0) is 36.8 Å². The Balaban J connectivity index is 0.000000596. The molecular weight excluding hydrogens is 342 g/mol. The van der Waals surface area contributed by atoms with Crippen LogP contribution in [0.2, 0.25) is 0 Å². The molecule has 6 nitrogen and oxygen atoms in total. The first kappa shape index (κ1) is 20.0. The number of hydrogen-bond donors (Lipinski definition) is 2. The molecule has 1 heterocycles. The SMILES string of the molecule is CC(=O)O.CCOc1cc(-c2ncc[nH]2)ccc1-c1ccc(N(C)C)cc1. The van der Waals surface area contributed by atoms with Crippen LogP contribution in [0.1, 0.15) is 13.8 Å². The second-order valence-corrected chi connectivity index (χ2v) is 6.04. The highest BCUT2D eigenvalue weighted by molar-refractivity contribution is 5.75. The molecule has 6 heteroatoms. The second-order valence-electron chi connectivity index (χ2n) is 6.04. The van der Waals surface area contributed by atoms with E-state index in [1.807, 2.05) is 33.3 Å². The summed E-state index contributed by atoms with van der Waals surface area (Å²) in [5, 5.41) is 7.42. The van der Waals surface area contributed by atoms with Gasteiger partial charge in [0.25, 0.3) is 5.97 Å². The quantitative estimate of drug-likeness (QED) is 0.703. The maximum atomic E-state index is 9.00. The molecule has 2 aromatic carbocycles. The molecule has 3 aromatic rings. The molecule has 27 heavy (non-hydrogen) atoms. The summed E-state index contributed by atoms with van der Waals surface area (Å²) >= 11 is 0. The van der Waals surface area contributed by atoms with Crippen molar-refractivity contribution in [3.63, 3.8) is 0 Å². The highest BCUT2D eigenvalue weighted by Crippen LogP contribution is 2.34. The topological polar surface area (TPSA) is 78.5 Å². The van der Waals surface area contributed by atoms with Gasteiger partial charge in [-0.3, -0.25) is 4.79 Å². The van der Waals surface area contributed by atoms with Crippen LogP contribution in [-0.4, -0.2) is 41.7 Å². The number of rotatable bonds is 5. The average molecular weight is 367 g/mol. The first-order valence-electron chi connectivity index (χ1n) is 8.66. The summed E-state index contributed by atoms with van der Waals surface area (Å²) in [6.07, 6.45) is 3.58. The number of ether oxygens (including phenoxy) is 1. The third kappa shape index (κ3) is 5.60. The fourth-order valence-corrected chi connectivity index (χ4v) is 2.55. The van der Waals surface area contributed by atoms with Crippen molar-refractivity contribution in [1.82, 2.24) is 9.97 Å². The molecule has 1 aromatic heterocycles. The number of aromatic amines is 1. The normalized spacial score (nSPS) is 9.93. The molecule has 0 unspecified atom stereocenters. The first-order chi connectivity index (χ1) is 12.9. The summed E-state index contributed by atoms with van der Waals surface area (Å²) in [7, 11) is 4.08. The van der Waals surface area contributed by atoms with Gasteiger partial charge in [-0.1, -0.05) is 18.2 Å². The lowest BCUT2D eigenvalue weighted by Crippen LogP contribution is -2.07. The molecule has 0 aliphatic rings. The molecule has 0 aliphatic heterocycles. The van der Waals surface area contributed by atoms with Crippen molar-refractivity contribution < 1.29 is 14.6 Å². The van der Waals surface area contributed by atoms with Gasteiger partial charge in [-0.15, -0.1) is 0 Å². The highest BCUT2D eigenvalue weighted by Gasteiger charge is 2.10. The van der Waals surface area contributed by atoms with Crippen LogP contribution in [0.5, 0.6) is 5.75 Å². The molecule has 0 radical (unpaired) electrons. The van der Waals surface area contributed by atoms with Crippen LogP contribution < -0.4 is 9.64 Å². The van der Waals surface area contributed by atoms with E-state index < -0.39 is 5.97 Å². The third-order valence-electron chi connectivity index (χ3n) is 3.75. The minimum absolute atomic E-state index is 0.629. The minimum atomic E-state index is -0.833. The van der Waals surface area contributed by atoms with Gasteiger partial charge < -0.3 is 19.7 Å². The van der Waals surface area contributed by atoms with Gasteiger partial charge in [0.05, 0.1) is 6.61 Å². The summed E-state index contributed by atoms with van der Waals surface area (Å²) in [5.74, 6) is 0.888. The Morgan fingerprint density at radius 3 is 2.30 bits per heavy atom. The number of carboxylic acid groups (broad SMARTS) is 1. The zero-order chi connectivity index (χ0) is 19.8. The number of nitrogens with zero attached hydrogens (tertiary/aromatic N) is 2. The van der Waals surface area contributed by atoms with E-state index in [1.165, 1.54) is 5.69 Å². The average Bonchev–Trinajstić information content (AvgIpc) is 3.16. The summed E-state index contributed by atoms with van der Waals surface area (Å²) in [6, 6.07) is 14.7. The number of aliphatic carboxylic acids is 1. The van der Waals surface area contributed by atoms with Crippen molar-refractivity contribution >= 4 is 11.7 Å². The summed E-state index contributed by atoms with van der Waals surface area (Å²) in [5.41, 5.74) is 4.43. The number of benzene rings is 2. The number of carbonyl (C=O) groups is 1. The van der Waals surface area contributed by atoms with Crippen molar-refractivity contribution in [1.29, 1.82) is 0 Å². The third-order valence-corrected chi connectivity index (χ3v) is 3.75. The molecule has 0 fully saturated rings. The van der Waals surface area contributed by atoms with Gasteiger partial charge in [0.2, 0.25) is 0 Å². The monoisotopic (exact) mass is 367 g/mol. The van der Waals surface area contributed by atoms with Crippen molar-refractivity contribution in [2.75, 3.05) is 25.6 Å². The predicted octanol–water partition coefficient (Wildman–Crippen LogP) is 4.30. The van der Waals surface area contributed by atoms with Crippen LogP contribution in [-0.2, 0) is 4.79 Å². The molecule has 142 valence electrons. The molecule has 3 rings (SSSR count). The number of anilines is 1. The highest BCUT2D eigenvalue weighted by atomic mass is 16.5. The lowest BCUT2D eigenvalue weighted by Gasteiger charge is -2.15. The van der Waals surface area contributed by atoms with E-state index >= 15 is 0 Å². The zero-order valence-electron chi connectivity index (χ0n) is 16.1.